The van der Waals surface area contributed by atoms with E-state index in [9.17, 15) is 0 Å². The van der Waals surface area contributed by atoms with Crippen molar-refractivity contribution in [3.8, 4) is 0 Å². The van der Waals surface area contributed by atoms with Gasteiger partial charge in [0, 0.05) is 12.6 Å². The van der Waals surface area contributed by atoms with Crippen LogP contribution in [-0.4, -0.2) is 24.5 Å². The van der Waals surface area contributed by atoms with E-state index in [2.05, 4.69) is 50.1 Å². The summed E-state index contributed by atoms with van der Waals surface area (Å²) in [6.07, 6.45) is 2.17. The summed E-state index contributed by atoms with van der Waals surface area (Å²) in [7, 11) is 2.18. The lowest BCUT2D eigenvalue weighted by Gasteiger charge is -2.23. The minimum absolute atomic E-state index is 0.642. The van der Waals surface area contributed by atoms with E-state index < -0.39 is 0 Å². The minimum atomic E-state index is 0.642. The van der Waals surface area contributed by atoms with Crippen molar-refractivity contribution in [3.63, 3.8) is 0 Å². The molecule has 0 amide bonds. The van der Waals surface area contributed by atoms with Crippen LogP contribution in [0, 0.1) is 0 Å². The summed E-state index contributed by atoms with van der Waals surface area (Å²) in [4.78, 5) is 2.39. The van der Waals surface area contributed by atoms with Gasteiger partial charge in [-0.25, -0.2) is 0 Å². The van der Waals surface area contributed by atoms with E-state index >= 15 is 0 Å². The summed E-state index contributed by atoms with van der Waals surface area (Å²) in [6.45, 7) is 6.25. The summed E-state index contributed by atoms with van der Waals surface area (Å²) < 4.78 is 0. The van der Waals surface area contributed by atoms with Gasteiger partial charge in [-0.2, -0.15) is 0 Å². The fraction of sp³-hybridized carbons (Fsp3) is 0.571. The highest BCUT2D eigenvalue weighted by atomic mass is 15.1. The number of rotatable bonds is 6. The second-order valence-corrected chi connectivity index (χ2v) is 4.53. The average molecular weight is 220 g/mol. The van der Waals surface area contributed by atoms with Crippen LogP contribution in [0.3, 0.4) is 0 Å². The maximum atomic E-state index is 5.53. The molecule has 0 aliphatic carbocycles. The molecule has 1 atom stereocenters. The molecule has 0 saturated heterocycles. The van der Waals surface area contributed by atoms with Crippen LogP contribution in [0.15, 0.2) is 24.3 Å². The van der Waals surface area contributed by atoms with E-state index in [-0.39, 0.29) is 0 Å². The number of nitrogens with two attached hydrogens (primary N) is 1. The van der Waals surface area contributed by atoms with Crippen molar-refractivity contribution >= 4 is 0 Å². The Hall–Kier alpha value is -0.860. The molecule has 90 valence electrons. The van der Waals surface area contributed by atoms with Crippen molar-refractivity contribution < 1.29 is 0 Å². The van der Waals surface area contributed by atoms with Crippen LogP contribution in [0.5, 0.6) is 0 Å². The molecule has 1 unspecified atom stereocenters. The maximum Gasteiger partial charge on any atom is 0.0233 e. The van der Waals surface area contributed by atoms with Gasteiger partial charge in [0.05, 0.1) is 0 Å². The van der Waals surface area contributed by atoms with Gasteiger partial charge in [0.2, 0.25) is 0 Å². The topological polar surface area (TPSA) is 29.3 Å². The van der Waals surface area contributed by atoms with Gasteiger partial charge in [-0.3, -0.25) is 4.90 Å². The van der Waals surface area contributed by atoms with Crippen LogP contribution in [0.25, 0.3) is 0 Å². The van der Waals surface area contributed by atoms with Crippen molar-refractivity contribution in [2.24, 2.45) is 5.73 Å². The monoisotopic (exact) mass is 220 g/mol. The Morgan fingerprint density at radius 3 is 2.25 bits per heavy atom. The first-order chi connectivity index (χ1) is 7.67. The normalized spacial score (nSPS) is 13.1. The molecule has 0 saturated carbocycles. The van der Waals surface area contributed by atoms with Crippen LogP contribution >= 0.6 is 0 Å². The van der Waals surface area contributed by atoms with Crippen molar-refractivity contribution in [2.75, 3.05) is 13.6 Å². The smallest absolute Gasteiger partial charge is 0.0233 e. The molecule has 2 nitrogen and oxygen atoms in total. The fourth-order valence-electron chi connectivity index (χ4n) is 1.73. The SMILES string of the molecule is CCC(C)N(C)Cc1ccc(CCN)cc1. The van der Waals surface area contributed by atoms with Gasteiger partial charge in [-0.05, 0) is 44.5 Å². The van der Waals surface area contributed by atoms with E-state index in [0.29, 0.717) is 6.04 Å². The van der Waals surface area contributed by atoms with Crippen molar-refractivity contribution in [1.82, 2.24) is 4.90 Å². The summed E-state index contributed by atoms with van der Waals surface area (Å²) in [5.74, 6) is 0. The Morgan fingerprint density at radius 1 is 1.19 bits per heavy atom. The van der Waals surface area contributed by atoms with Gasteiger partial charge in [0.15, 0.2) is 0 Å². The predicted octanol–water partition coefficient (Wildman–Crippen LogP) is 2.42. The molecule has 0 aliphatic heterocycles. The Balaban J connectivity index is 2.54. The Morgan fingerprint density at radius 2 is 1.75 bits per heavy atom. The molecule has 0 fully saturated rings. The lowest BCUT2D eigenvalue weighted by Crippen LogP contribution is -2.27. The predicted molar refractivity (Wildman–Crippen MR) is 70.4 cm³/mol. The molecule has 0 heterocycles. The first kappa shape index (κ1) is 13.2. The first-order valence-electron chi connectivity index (χ1n) is 6.15. The number of hydrogen-bond acceptors (Lipinski definition) is 2. The molecule has 1 aromatic carbocycles. The summed E-state index contributed by atoms with van der Waals surface area (Å²) in [6, 6.07) is 9.44. The number of nitrogens with zero attached hydrogens (tertiary/aromatic N) is 1. The van der Waals surface area contributed by atoms with Gasteiger partial charge < -0.3 is 5.73 Å². The molecule has 0 aromatic heterocycles. The van der Waals surface area contributed by atoms with E-state index in [1.807, 2.05) is 0 Å². The Bertz CT molecular complexity index is 292. The largest absolute Gasteiger partial charge is 0.330 e. The highest BCUT2D eigenvalue weighted by molar-refractivity contribution is 5.22. The van der Waals surface area contributed by atoms with Crippen LogP contribution < -0.4 is 5.73 Å². The zero-order valence-electron chi connectivity index (χ0n) is 10.7. The molecule has 0 spiro atoms. The quantitative estimate of drug-likeness (QED) is 0.797. The van der Waals surface area contributed by atoms with Gasteiger partial charge in [-0.1, -0.05) is 31.2 Å². The van der Waals surface area contributed by atoms with E-state index in [4.69, 9.17) is 5.73 Å². The van der Waals surface area contributed by atoms with Crippen molar-refractivity contribution in [3.05, 3.63) is 35.4 Å². The summed E-state index contributed by atoms with van der Waals surface area (Å²) in [5, 5.41) is 0. The number of hydrogen-bond donors (Lipinski definition) is 1. The minimum Gasteiger partial charge on any atom is -0.330 e. The lowest BCUT2D eigenvalue weighted by molar-refractivity contribution is 0.244. The van der Waals surface area contributed by atoms with Gasteiger partial charge >= 0.3 is 0 Å². The second-order valence-electron chi connectivity index (χ2n) is 4.53. The standard InChI is InChI=1S/C14H24N2/c1-4-12(2)16(3)11-14-7-5-13(6-8-14)9-10-15/h5-8,12H,4,9-11,15H2,1-3H3. The van der Waals surface area contributed by atoms with Crippen molar-refractivity contribution in [2.45, 2.75) is 39.3 Å². The van der Waals surface area contributed by atoms with Crippen molar-refractivity contribution in [1.29, 1.82) is 0 Å². The molecule has 1 rings (SSSR count). The van der Waals surface area contributed by atoms with E-state index in [1.54, 1.807) is 0 Å². The third kappa shape index (κ3) is 3.95. The van der Waals surface area contributed by atoms with Crippen LogP contribution in [0.1, 0.15) is 31.4 Å². The lowest BCUT2D eigenvalue weighted by atomic mass is 10.1. The molecular weight excluding hydrogens is 196 g/mol. The van der Waals surface area contributed by atoms with Crippen LogP contribution in [-0.2, 0) is 13.0 Å². The summed E-state index contributed by atoms with van der Waals surface area (Å²) in [5.41, 5.74) is 8.24. The molecule has 0 aliphatic rings. The van der Waals surface area contributed by atoms with E-state index in [1.165, 1.54) is 17.5 Å². The zero-order valence-corrected chi connectivity index (χ0v) is 10.7. The van der Waals surface area contributed by atoms with Gasteiger partial charge in [0.25, 0.3) is 0 Å². The molecule has 2 heteroatoms. The number of benzene rings is 1. The Kier molecular flexibility index (Phi) is 5.50. The van der Waals surface area contributed by atoms with Crippen LogP contribution in [0.2, 0.25) is 0 Å². The molecular formula is C14H24N2. The molecule has 1 aromatic rings. The highest BCUT2D eigenvalue weighted by Crippen LogP contribution is 2.10. The summed E-state index contributed by atoms with van der Waals surface area (Å²) >= 11 is 0. The zero-order chi connectivity index (χ0) is 12.0. The maximum absolute atomic E-state index is 5.53. The average Bonchev–Trinajstić information content (AvgIpc) is 2.31. The molecule has 2 N–H and O–H groups in total. The third-order valence-electron chi connectivity index (χ3n) is 3.23. The first-order valence-corrected chi connectivity index (χ1v) is 6.15. The molecule has 0 bridgehead atoms. The third-order valence-corrected chi connectivity index (χ3v) is 3.23. The van der Waals surface area contributed by atoms with Gasteiger partial charge in [-0.15, -0.1) is 0 Å². The fourth-order valence-corrected chi connectivity index (χ4v) is 1.73. The molecule has 16 heavy (non-hydrogen) atoms. The second kappa shape index (κ2) is 6.66. The Labute approximate surface area is 99.5 Å². The van der Waals surface area contributed by atoms with Gasteiger partial charge in [0.1, 0.15) is 0 Å². The highest BCUT2D eigenvalue weighted by Gasteiger charge is 2.06. The van der Waals surface area contributed by atoms with E-state index in [0.717, 1.165) is 19.5 Å². The van der Waals surface area contributed by atoms with Crippen LogP contribution in [0.4, 0.5) is 0 Å². The molecule has 0 radical (unpaired) electrons.